The Morgan fingerprint density at radius 1 is 1.22 bits per heavy atom. The van der Waals surface area contributed by atoms with E-state index in [1.807, 2.05) is 49.4 Å². The number of carbonyl (C=O) groups excluding carboxylic acids is 2. The molecule has 2 amide bonds. The number of rotatable bonds is 7. The minimum Gasteiger partial charge on any atom is -0.496 e. The van der Waals surface area contributed by atoms with Crippen LogP contribution in [0, 0.1) is 12.8 Å². The minimum atomic E-state index is -0.278. The van der Waals surface area contributed by atoms with Crippen molar-refractivity contribution in [2.24, 2.45) is 5.92 Å². The first kappa shape index (κ1) is 19.0. The van der Waals surface area contributed by atoms with Gasteiger partial charge in [0.05, 0.1) is 13.0 Å². The lowest BCUT2D eigenvalue weighted by Crippen LogP contribution is -2.33. The number of likely N-dealkylation sites (tertiary alicyclic amines) is 1. The molecule has 1 aliphatic rings. The predicted molar refractivity (Wildman–Crippen MR) is 104 cm³/mol. The molecule has 3 rings (SSSR count). The molecule has 1 heterocycles. The first-order chi connectivity index (χ1) is 13.1. The zero-order valence-electron chi connectivity index (χ0n) is 15.9. The van der Waals surface area contributed by atoms with Gasteiger partial charge in [0.15, 0.2) is 0 Å². The van der Waals surface area contributed by atoms with Gasteiger partial charge < -0.3 is 15.0 Å². The number of amides is 2. The van der Waals surface area contributed by atoms with Gasteiger partial charge in [0.25, 0.3) is 0 Å². The van der Waals surface area contributed by atoms with E-state index in [-0.39, 0.29) is 24.2 Å². The number of ether oxygens (including phenoxy) is 1. The van der Waals surface area contributed by atoms with Gasteiger partial charge in [0.2, 0.25) is 11.8 Å². The van der Waals surface area contributed by atoms with E-state index < -0.39 is 0 Å². The van der Waals surface area contributed by atoms with Crippen LogP contribution in [-0.4, -0.2) is 36.9 Å². The third-order valence-electron chi connectivity index (χ3n) is 4.98. The summed E-state index contributed by atoms with van der Waals surface area (Å²) >= 11 is 0. The number of benzene rings is 2. The smallest absolute Gasteiger partial charge is 0.225 e. The summed E-state index contributed by atoms with van der Waals surface area (Å²) in [5.74, 6) is 0.543. The monoisotopic (exact) mass is 366 g/mol. The van der Waals surface area contributed by atoms with Crippen molar-refractivity contribution < 1.29 is 14.3 Å². The summed E-state index contributed by atoms with van der Waals surface area (Å²) in [6.45, 7) is 3.60. The standard InChI is InChI=1S/C22H26N2O3/c1-16-6-5-7-17(12-16)14-23-22(26)19-13-21(25)24(15-19)11-10-18-8-3-4-9-20(18)27-2/h3-9,12,19H,10-11,13-15H2,1-2H3,(H,23,26). The van der Waals surface area contributed by atoms with Gasteiger partial charge in [-0.05, 0) is 30.5 Å². The van der Waals surface area contributed by atoms with E-state index in [4.69, 9.17) is 4.74 Å². The van der Waals surface area contributed by atoms with Crippen LogP contribution in [0.15, 0.2) is 48.5 Å². The predicted octanol–water partition coefficient (Wildman–Crippen LogP) is 2.71. The van der Waals surface area contributed by atoms with Crippen LogP contribution in [-0.2, 0) is 22.6 Å². The second-order valence-electron chi connectivity index (χ2n) is 7.01. The lowest BCUT2D eigenvalue weighted by molar-refractivity contribution is -0.129. The lowest BCUT2D eigenvalue weighted by atomic mass is 10.1. The van der Waals surface area contributed by atoms with Gasteiger partial charge in [0.1, 0.15) is 5.75 Å². The van der Waals surface area contributed by atoms with Crippen LogP contribution in [0.5, 0.6) is 5.75 Å². The third-order valence-corrected chi connectivity index (χ3v) is 4.98. The van der Waals surface area contributed by atoms with Crippen molar-refractivity contribution >= 4 is 11.8 Å². The largest absolute Gasteiger partial charge is 0.496 e. The second kappa shape index (κ2) is 8.71. The molecule has 2 aromatic rings. The molecule has 1 aliphatic heterocycles. The van der Waals surface area contributed by atoms with Crippen molar-refractivity contribution in [3.8, 4) is 5.75 Å². The van der Waals surface area contributed by atoms with Crippen LogP contribution in [0.2, 0.25) is 0 Å². The fraction of sp³-hybridized carbons (Fsp3) is 0.364. The average molecular weight is 366 g/mol. The van der Waals surface area contributed by atoms with E-state index in [1.54, 1.807) is 12.0 Å². The Bertz CT molecular complexity index is 819. The van der Waals surface area contributed by atoms with Crippen LogP contribution < -0.4 is 10.1 Å². The summed E-state index contributed by atoms with van der Waals surface area (Å²) in [5, 5.41) is 2.96. The number of methoxy groups -OCH3 is 1. The molecule has 0 saturated carbocycles. The molecule has 5 heteroatoms. The van der Waals surface area contributed by atoms with Gasteiger partial charge in [0, 0.05) is 26.1 Å². The minimum absolute atomic E-state index is 0.0422. The van der Waals surface area contributed by atoms with Crippen molar-refractivity contribution in [2.45, 2.75) is 26.3 Å². The summed E-state index contributed by atoms with van der Waals surface area (Å²) in [4.78, 5) is 26.5. The highest BCUT2D eigenvalue weighted by atomic mass is 16.5. The third kappa shape index (κ3) is 4.88. The summed E-state index contributed by atoms with van der Waals surface area (Å²) in [6, 6.07) is 15.9. The molecule has 1 fully saturated rings. The Balaban J connectivity index is 1.51. The van der Waals surface area contributed by atoms with Gasteiger partial charge in [-0.1, -0.05) is 48.0 Å². The Morgan fingerprint density at radius 3 is 2.81 bits per heavy atom. The molecule has 1 saturated heterocycles. The zero-order chi connectivity index (χ0) is 19.2. The molecule has 27 heavy (non-hydrogen) atoms. The number of hydrogen-bond acceptors (Lipinski definition) is 3. The van der Waals surface area contributed by atoms with E-state index in [0.717, 1.165) is 16.9 Å². The van der Waals surface area contributed by atoms with Crippen molar-refractivity contribution in [3.05, 3.63) is 65.2 Å². The highest BCUT2D eigenvalue weighted by Crippen LogP contribution is 2.22. The molecule has 0 spiro atoms. The Hall–Kier alpha value is -2.82. The van der Waals surface area contributed by atoms with Crippen LogP contribution in [0.1, 0.15) is 23.1 Å². The van der Waals surface area contributed by atoms with Gasteiger partial charge in [-0.3, -0.25) is 9.59 Å². The topological polar surface area (TPSA) is 58.6 Å². The molecular weight excluding hydrogens is 340 g/mol. The van der Waals surface area contributed by atoms with Crippen molar-refractivity contribution in [2.75, 3.05) is 20.2 Å². The highest BCUT2D eigenvalue weighted by Gasteiger charge is 2.33. The number of carbonyl (C=O) groups is 2. The first-order valence-corrected chi connectivity index (χ1v) is 9.29. The van der Waals surface area contributed by atoms with Crippen molar-refractivity contribution in [1.29, 1.82) is 0 Å². The Labute approximate surface area is 160 Å². The van der Waals surface area contributed by atoms with Gasteiger partial charge in [-0.25, -0.2) is 0 Å². The Kier molecular flexibility index (Phi) is 6.12. The summed E-state index contributed by atoms with van der Waals surface area (Å²) < 4.78 is 5.36. The summed E-state index contributed by atoms with van der Waals surface area (Å²) in [6.07, 6.45) is 0.999. The first-order valence-electron chi connectivity index (χ1n) is 9.29. The SMILES string of the molecule is COc1ccccc1CCN1CC(C(=O)NCc2cccc(C)c2)CC1=O. The molecule has 1 N–H and O–H groups in total. The van der Waals surface area contributed by atoms with E-state index in [0.29, 0.717) is 26.1 Å². The average Bonchev–Trinajstić information content (AvgIpc) is 3.05. The van der Waals surface area contributed by atoms with Gasteiger partial charge in [-0.2, -0.15) is 0 Å². The molecule has 1 atom stereocenters. The molecule has 1 unspecified atom stereocenters. The van der Waals surface area contributed by atoms with Gasteiger partial charge >= 0.3 is 0 Å². The molecule has 0 aliphatic carbocycles. The number of nitrogens with zero attached hydrogens (tertiary/aromatic N) is 1. The molecule has 5 nitrogen and oxygen atoms in total. The number of para-hydroxylation sites is 1. The molecular formula is C22H26N2O3. The maximum atomic E-state index is 12.5. The summed E-state index contributed by atoms with van der Waals surface area (Å²) in [5.41, 5.74) is 3.31. The van der Waals surface area contributed by atoms with E-state index in [9.17, 15) is 9.59 Å². The van der Waals surface area contributed by atoms with E-state index in [2.05, 4.69) is 11.4 Å². The number of hydrogen-bond donors (Lipinski definition) is 1. The lowest BCUT2D eigenvalue weighted by Gasteiger charge is -2.17. The van der Waals surface area contributed by atoms with E-state index >= 15 is 0 Å². The Morgan fingerprint density at radius 2 is 2.04 bits per heavy atom. The normalized spacial score (nSPS) is 16.4. The molecule has 142 valence electrons. The maximum Gasteiger partial charge on any atom is 0.225 e. The maximum absolute atomic E-state index is 12.5. The number of nitrogens with one attached hydrogen (secondary N) is 1. The van der Waals surface area contributed by atoms with Crippen molar-refractivity contribution in [1.82, 2.24) is 10.2 Å². The van der Waals surface area contributed by atoms with Gasteiger partial charge in [-0.15, -0.1) is 0 Å². The van der Waals surface area contributed by atoms with E-state index in [1.165, 1.54) is 5.56 Å². The van der Waals surface area contributed by atoms with Crippen LogP contribution in [0.3, 0.4) is 0 Å². The quantitative estimate of drug-likeness (QED) is 0.820. The summed E-state index contributed by atoms with van der Waals surface area (Å²) in [7, 11) is 1.65. The molecule has 0 bridgehead atoms. The highest BCUT2D eigenvalue weighted by molar-refractivity contribution is 5.89. The fourth-order valence-corrected chi connectivity index (χ4v) is 3.48. The van der Waals surface area contributed by atoms with Crippen molar-refractivity contribution in [3.63, 3.8) is 0 Å². The molecule has 0 aromatic heterocycles. The molecule has 0 radical (unpaired) electrons. The fourth-order valence-electron chi connectivity index (χ4n) is 3.48. The zero-order valence-corrected chi connectivity index (χ0v) is 15.9. The van der Waals surface area contributed by atoms with Crippen LogP contribution in [0.4, 0.5) is 0 Å². The van der Waals surface area contributed by atoms with Crippen LogP contribution >= 0.6 is 0 Å². The number of aryl methyl sites for hydroxylation is 1. The van der Waals surface area contributed by atoms with Crippen LogP contribution in [0.25, 0.3) is 0 Å². The second-order valence-corrected chi connectivity index (χ2v) is 7.01. The molecule has 2 aromatic carbocycles.